The number of thiophene rings is 1. The van der Waals surface area contributed by atoms with Gasteiger partial charge in [0.15, 0.2) is 5.82 Å². The number of ether oxygens (including phenoxy) is 1. The maximum absolute atomic E-state index is 6.11. The van der Waals surface area contributed by atoms with Crippen LogP contribution in [0.1, 0.15) is 0 Å². The maximum Gasteiger partial charge on any atom is 0.224 e. The highest BCUT2D eigenvalue weighted by atomic mass is 35.5. The summed E-state index contributed by atoms with van der Waals surface area (Å²) in [5, 5.41) is 4.51. The molecular weight excluding hydrogens is 322 g/mol. The van der Waals surface area contributed by atoms with Gasteiger partial charge in [-0.05, 0) is 17.7 Å². The lowest BCUT2D eigenvalue weighted by molar-refractivity contribution is 0.122. The number of rotatable bonds is 2. The first kappa shape index (κ1) is 13.9. The SMILES string of the molecule is Cn1cc(-c2cc3nc(Cl)nc(N4CCOCC4)c3s2)cn1. The second-order valence-corrected chi connectivity index (χ2v) is 6.53. The summed E-state index contributed by atoms with van der Waals surface area (Å²) in [5.41, 5.74) is 1.96. The largest absolute Gasteiger partial charge is 0.378 e. The third-order valence-electron chi connectivity index (χ3n) is 3.63. The van der Waals surface area contributed by atoms with Gasteiger partial charge >= 0.3 is 0 Å². The first-order chi connectivity index (χ1) is 10.7. The number of aryl methyl sites for hydroxylation is 1. The van der Waals surface area contributed by atoms with Crippen molar-refractivity contribution in [2.75, 3.05) is 31.2 Å². The lowest BCUT2D eigenvalue weighted by atomic mass is 10.3. The molecule has 0 atom stereocenters. The minimum absolute atomic E-state index is 0.282. The first-order valence-electron chi connectivity index (χ1n) is 6.99. The van der Waals surface area contributed by atoms with E-state index in [1.807, 2.05) is 19.4 Å². The van der Waals surface area contributed by atoms with E-state index >= 15 is 0 Å². The van der Waals surface area contributed by atoms with Crippen LogP contribution in [0.2, 0.25) is 5.28 Å². The number of nitrogens with zero attached hydrogens (tertiary/aromatic N) is 5. The molecule has 0 bridgehead atoms. The molecular formula is C14H14ClN5OS. The molecule has 0 aliphatic carbocycles. The maximum atomic E-state index is 6.11. The first-order valence-corrected chi connectivity index (χ1v) is 8.19. The number of hydrogen-bond donors (Lipinski definition) is 0. The van der Waals surface area contributed by atoms with E-state index in [0.29, 0.717) is 13.2 Å². The van der Waals surface area contributed by atoms with Gasteiger partial charge in [0.05, 0.1) is 29.6 Å². The van der Waals surface area contributed by atoms with E-state index in [9.17, 15) is 0 Å². The topological polar surface area (TPSA) is 56.1 Å². The average Bonchev–Trinajstić information content (AvgIpc) is 3.13. The molecule has 22 heavy (non-hydrogen) atoms. The fraction of sp³-hybridized carbons (Fsp3) is 0.357. The molecule has 0 unspecified atom stereocenters. The molecule has 6 nitrogen and oxygen atoms in total. The van der Waals surface area contributed by atoms with Crippen LogP contribution in [0.25, 0.3) is 20.7 Å². The van der Waals surface area contributed by atoms with Gasteiger partial charge in [0.25, 0.3) is 0 Å². The van der Waals surface area contributed by atoms with Gasteiger partial charge in [-0.2, -0.15) is 10.1 Å². The smallest absolute Gasteiger partial charge is 0.224 e. The van der Waals surface area contributed by atoms with Crippen LogP contribution in [0.3, 0.4) is 0 Å². The number of aromatic nitrogens is 4. The number of anilines is 1. The fourth-order valence-corrected chi connectivity index (χ4v) is 3.83. The van der Waals surface area contributed by atoms with E-state index in [4.69, 9.17) is 16.3 Å². The monoisotopic (exact) mass is 335 g/mol. The van der Waals surface area contributed by atoms with E-state index in [1.165, 1.54) is 0 Å². The summed E-state index contributed by atoms with van der Waals surface area (Å²) in [6.07, 6.45) is 3.85. The lowest BCUT2D eigenvalue weighted by Crippen LogP contribution is -2.36. The molecule has 8 heteroatoms. The molecule has 1 aliphatic rings. The quantitative estimate of drug-likeness (QED) is 0.674. The van der Waals surface area contributed by atoms with Crippen LogP contribution in [-0.2, 0) is 11.8 Å². The second-order valence-electron chi connectivity index (χ2n) is 5.14. The Balaban J connectivity index is 1.84. The predicted molar refractivity (Wildman–Crippen MR) is 87.7 cm³/mol. The van der Waals surface area contributed by atoms with E-state index < -0.39 is 0 Å². The third kappa shape index (κ3) is 2.45. The zero-order chi connectivity index (χ0) is 15.1. The van der Waals surface area contributed by atoms with Crippen LogP contribution >= 0.6 is 22.9 Å². The molecule has 0 saturated carbocycles. The van der Waals surface area contributed by atoms with Crippen molar-refractivity contribution in [2.45, 2.75) is 0 Å². The molecule has 0 spiro atoms. The average molecular weight is 336 g/mol. The summed E-state index contributed by atoms with van der Waals surface area (Å²) < 4.78 is 8.27. The highest BCUT2D eigenvalue weighted by molar-refractivity contribution is 7.22. The van der Waals surface area contributed by atoms with E-state index in [2.05, 4.69) is 26.0 Å². The minimum Gasteiger partial charge on any atom is -0.378 e. The third-order valence-corrected chi connectivity index (χ3v) is 4.96. The van der Waals surface area contributed by atoms with Crippen molar-refractivity contribution in [3.63, 3.8) is 0 Å². The number of halogens is 1. The van der Waals surface area contributed by atoms with Crippen LogP contribution in [0, 0.1) is 0 Å². The number of morpholine rings is 1. The molecule has 114 valence electrons. The van der Waals surface area contributed by atoms with Gasteiger partial charge in [-0.25, -0.2) is 4.98 Å². The Kier molecular flexibility index (Phi) is 3.48. The van der Waals surface area contributed by atoms with Crippen molar-refractivity contribution in [2.24, 2.45) is 7.05 Å². The highest BCUT2D eigenvalue weighted by Crippen LogP contribution is 2.37. The van der Waals surface area contributed by atoms with Crippen molar-refractivity contribution >= 4 is 39.0 Å². The standard InChI is InChI=1S/C14H14ClN5OS/c1-19-8-9(7-16-19)11-6-10-12(22-11)13(18-14(15)17-10)20-2-4-21-5-3-20/h6-8H,2-5H2,1H3. The van der Waals surface area contributed by atoms with Crippen molar-refractivity contribution < 1.29 is 4.74 Å². The molecule has 4 heterocycles. The van der Waals surface area contributed by atoms with Crippen LogP contribution in [-0.4, -0.2) is 46.1 Å². The van der Waals surface area contributed by atoms with Gasteiger partial charge in [0.1, 0.15) is 0 Å². The van der Waals surface area contributed by atoms with Crippen molar-refractivity contribution in [1.29, 1.82) is 0 Å². The normalized spacial score (nSPS) is 15.6. The molecule has 4 rings (SSSR count). The van der Waals surface area contributed by atoms with Crippen molar-refractivity contribution in [1.82, 2.24) is 19.7 Å². The summed E-state index contributed by atoms with van der Waals surface area (Å²) in [5.74, 6) is 0.901. The summed E-state index contributed by atoms with van der Waals surface area (Å²) in [4.78, 5) is 12.1. The van der Waals surface area contributed by atoms with E-state index in [-0.39, 0.29) is 5.28 Å². The summed E-state index contributed by atoms with van der Waals surface area (Å²) in [7, 11) is 1.91. The molecule has 0 N–H and O–H groups in total. The van der Waals surface area contributed by atoms with Gasteiger partial charge in [-0.3, -0.25) is 4.68 Å². The van der Waals surface area contributed by atoms with Gasteiger partial charge < -0.3 is 9.64 Å². The Morgan fingerprint density at radius 2 is 2.09 bits per heavy atom. The zero-order valence-electron chi connectivity index (χ0n) is 12.0. The van der Waals surface area contributed by atoms with Gasteiger partial charge in [0.2, 0.25) is 5.28 Å². The lowest BCUT2D eigenvalue weighted by Gasteiger charge is -2.28. The van der Waals surface area contributed by atoms with Crippen molar-refractivity contribution in [3.8, 4) is 10.4 Å². The van der Waals surface area contributed by atoms with Crippen molar-refractivity contribution in [3.05, 3.63) is 23.7 Å². The van der Waals surface area contributed by atoms with Crippen LogP contribution in [0.4, 0.5) is 5.82 Å². The van der Waals surface area contributed by atoms with E-state index in [0.717, 1.165) is 39.6 Å². The molecule has 1 saturated heterocycles. The Morgan fingerprint density at radius 1 is 1.27 bits per heavy atom. The summed E-state index contributed by atoms with van der Waals surface area (Å²) in [6.45, 7) is 3.07. The Labute approximate surface area is 136 Å². The minimum atomic E-state index is 0.282. The highest BCUT2D eigenvalue weighted by Gasteiger charge is 2.19. The Morgan fingerprint density at radius 3 is 2.82 bits per heavy atom. The summed E-state index contributed by atoms with van der Waals surface area (Å²) in [6, 6.07) is 2.05. The Bertz CT molecular complexity index is 824. The second kappa shape index (κ2) is 5.49. The van der Waals surface area contributed by atoms with Crippen LogP contribution < -0.4 is 4.90 Å². The molecule has 1 fully saturated rings. The van der Waals surface area contributed by atoms with Gasteiger partial charge in [-0.15, -0.1) is 11.3 Å². The zero-order valence-corrected chi connectivity index (χ0v) is 13.6. The Hall–Kier alpha value is -1.70. The number of hydrogen-bond acceptors (Lipinski definition) is 6. The molecule has 3 aromatic rings. The van der Waals surface area contributed by atoms with Gasteiger partial charge in [-0.1, -0.05) is 0 Å². The molecule has 0 amide bonds. The molecule has 1 aliphatic heterocycles. The van der Waals surface area contributed by atoms with Crippen LogP contribution in [0.15, 0.2) is 18.5 Å². The molecule has 3 aromatic heterocycles. The predicted octanol–water partition coefficient (Wildman–Crippen LogP) is 2.58. The van der Waals surface area contributed by atoms with Gasteiger partial charge in [0, 0.05) is 36.8 Å². The number of fused-ring (bicyclic) bond motifs is 1. The molecule has 0 aromatic carbocycles. The van der Waals surface area contributed by atoms with Crippen LogP contribution in [0.5, 0.6) is 0 Å². The fourth-order valence-electron chi connectivity index (χ4n) is 2.57. The van der Waals surface area contributed by atoms with E-state index in [1.54, 1.807) is 16.0 Å². The molecule has 0 radical (unpaired) electrons. The summed E-state index contributed by atoms with van der Waals surface area (Å²) >= 11 is 7.78.